The summed E-state index contributed by atoms with van der Waals surface area (Å²) in [5.74, 6) is 1.11. The summed E-state index contributed by atoms with van der Waals surface area (Å²) in [7, 11) is -1.15. The van der Waals surface area contributed by atoms with Crippen molar-refractivity contribution < 1.29 is 13.2 Å². The van der Waals surface area contributed by atoms with E-state index in [1.807, 2.05) is 6.07 Å². The minimum atomic E-state index is -2.91. The van der Waals surface area contributed by atoms with Crippen LogP contribution in [0.3, 0.4) is 0 Å². The summed E-state index contributed by atoms with van der Waals surface area (Å²) in [4.78, 5) is 0. The number of halogens is 1. The Bertz CT molecular complexity index is 789. The normalized spacial score (nSPS) is 17.4. The number of aryl methyl sites for hydroxylation is 1. The Morgan fingerprint density at radius 3 is 2.67 bits per heavy atom. The van der Waals surface area contributed by atoms with Crippen LogP contribution in [0.4, 0.5) is 5.82 Å². The van der Waals surface area contributed by atoms with Crippen molar-refractivity contribution in [3.05, 3.63) is 29.4 Å². The van der Waals surface area contributed by atoms with Crippen LogP contribution in [0.5, 0.6) is 5.75 Å². The first-order chi connectivity index (χ1) is 9.85. The van der Waals surface area contributed by atoms with Crippen molar-refractivity contribution in [3.63, 3.8) is 0 Å². The molecule has 0 atom stereocenters. The molecule has 6 nitrogen and oxygen atoms in total. The average molecular weight is 328 g/mol. The first kappa shape index (κ1) is 14.2. The van der Waals surface area contributed by atoms with Crippen LogP contribution in [0, 0.1) is 0 Å². The second kappa shape index (κ2) is 4.92. The van der Waals surface area contributed by atoms with Gasteiger partial charge in [0.25, 0.3) is 0 Å². The van der Waals surface area contributed by atoms with Gasteiger partial charge in [0, 0.05) is 12.6 Å². The van der Waals surface area contributed by atoms with Crippen LogP contribution in [0.1, 0.15) is 0 Å². The Kier molecular flexibility index (Phi) is 3.33. The average Bonchev–Trinajstić information content (AvgIpc) is 2.70. The molecule has 1 aromatic heterocycles. The molecule has 2 N–H and O–H groups in total. The lowest BCUT2D eigenvalue weighted by molar-refractivity contribution is 0.230. The summed E-state index contributed by atoms with van der Waals surface area (Å²) in [6.45, 7) is 0. The molecular formula is C13H14ClN3O3S. The van der Waals surface area contributed by atoms with Gasteiger partial charge < -0.3 is 10.5 Å². The van der Waals surface area contributed by atoms with Crippen LogP contribution in [-0.4, -0.2) is 35.8 Å². The zero-order valence-corrected chi connectivity index (χ0v) is 12.9. The monoisotopic (exact) mass is 327 g/mol. The summed E-state index contributed by atoms with van der Waals surface area (Å²) < 4.78 is 29.4. The molecular weight excluding hydrogens is 314 g/mol. The Balaban J connectivity index is 1.82. The smallest absolute Gasteiger partial charge is 0.157 e. The maximum atomic E-state index is 11.1. The highest BCUT2D eigenvalue weighted by atomic mass is 35.5. The number of hydrogen-bond donors (Lipinski definition) is 1. The number of rotatable bonds is 3. The standard InChI is InChI=1S/C13H14ClN3O3S/c1-17-13(15)10(5-16-17)8-2-3-12(11(14)4-8)20-9-6-21(18,19)7-9/h2-5,9H,6-7,15H2,1H3. The van der Waals surface area contributed by atoms with E-state index in [9.17, 15) is 8.42 Å². The van der Waals surface area contributed by atoms with Crippen molar-refractivity contribution in [3.8, 4) is 16.9 Å². The highest BCUT2D eigenvalue weighted by Crippen LogP contribution is 2.34. The lowest BCUT2D eigenvalue weighted by Gasteiger charge is -2.27. The van der Waals surface area contributed by atoms with Gasteiger partial charge in [-0.15, -0.1) is 0 Å². The SMILES string of the molecule is Cn1ncc(-c2ccc(OC3CS(=O)(=O)C3)c(Cl)c2)c1N. The van der Waals surface area contributed by atoms with E-state index in [1.54, 1.807) is 30.1 Å². The van der Waals surface area contributed by atoms with E-state index in [4.69, 9.17) is 22.1 Å². The van der Waals surface area contributed by atoms with E-state index in [-0.39, 0.29) is 17.6 Å². The number of nitrogens with zero attached hydrogens (tertiary/aromatic N) is 2. The van der Waals surface area contributed by atoms with Gasteiger partial charge in [0.15, 0.2) is 9.84 Å². The lowest BCUT2D eigenvalue weighted by atomic mass is 10.1. The Labute approximate surface area is 127 Å². The maximum absolute atomic E-state index is 11.1. The topological polar surface area (TPSA) is 87.2 Å². The van der Waals surface area contributed by atoms with Crippen LogP contribution >= 0.6 is 11.6 Å². The molecule has 112 valence electrons. The number of hydrogen-bond acceptors (Lipinski definition) is 5. The molecule has 0 aliphatic carbocycles. The molecule has 3 rings (SSSR count). The third kappa shape index (κ3) is 2.71. The number of nitrogen functional groups attached to an aromatic ring is 1. The molecule has 1 aromatic carbocycles. The number of aromatic nitrogens is 2. The molecule has 0 amide bonds. The lowest BCUT2D eigenvalue weighted by Crippen LogP contribution is -2.45. The summed E-state index contributed by atoms with van der Waals surface area (Å²) in [5, 5.41) is 4.50. The van der Waals surface area contributed by atoms with E-state index in [0.29, 0.717) is 16.6 Å². The van der Waals surface area contributed by atoms with Gasteiger partial charge in [-0.1, -0.05) is 17.7 Å². The molecule has 8 heteroatoms. The van der Waals surface area contributed by atoms with Crippen LogP contribution < -0.4 is 10.5 Å². The van der Waals surface area contributed by atoms with E-state index >= 15 is 0 Å². The van der Waals surface area contributed by atoms with Crippen LogP contribution in [0.2, 0.25) is 5.02 Å². The molecule has 0 bridgehead atoms. The highest BCUT2D eigenvalue weighted by molar-refractivity contribution is 7.92. The number of ether oxygens (including phenoxy) is 1. The third-order valence-corrected chi connectivity index (χ3v) is 5.46. The van der Waals surface area contributed by atoms with Crippen molar-refractivity contribution in [1.29, 1.82) is 0 Å². The van der Waals surface area contributed by atoms with Crippen molar-refractivity contribution in [1.82, 2.24) is 9.78 Å². The summed E-state index contributed by atoms with van der Waals surface area (Å²) in [6, 6.07) is 5.27. The fourth-order valence-corrected chi connectivity index (χ4v) is 3.60. The van der Waals surface area contributed by atoms with Crippen LogP contribution in [-0.2, 0) is 16.9 Å². The second-order valence-corrected chi connectivity index (χ2v) is 7.59. The second-order valence-electron chi connectivity index (χ2n) is 5.03. The van der Waals surface area contributed by atoms with Gasteiger partial charge in [0.1, 0.15) is 17.7 Å². The van der Waals surface area contributed by atoms with E-state index in [2.05, 4.69) is 5.10 Å². The molecule has 2 heterocycles. The van der Waals surface area contributed by atoms with E-state index in [1.165, 1.54) is 0 Å². The molecule has 21 heavy (non-hydrogen) atoms. The Hall–Kier alpha value is -1.73. The van der Waals surface area contributed by atoms with Gasteiger partial charge in [-0.2, -0.15) is 5.10 Å². The molecule has 2 aromatic rings. The predicted molar refractivity (Wildman–Crippen MR) is 81.1 cm³/mol. The number of nitrogens with two attached hydrogens (primary N) is 1. The summed E-state index contributed by atoms with van der Waals surface area (Å²) >= 11 is 6.19. The van der Waals surface area contributed by atoms with Gasteiger partial charge in [-0.25, -0.2) is 8.42 Å². The minimum absolute atomic E-state index is 0.0423. The van der Waals surface area contributed by atoms with Gasteiger partial charge in [0.2, 0.25) is 0 Å². The summed E-state index contributed by atoms with van der Waals surface area (Å²) in [6.07, 6.45) is 1.35. The van der Waals surface area contributed by atoms with Crippen molar-refractivity contribution in [2.75, 3.05) is 17.2 Å². The number of benzene rings is 1. The molecule has 0 saturated carbocycles. The molecule has 0 radical (unpaired) electrons. The fourth-order valence-electron chi connectivity index (χ4n) is 2.20. The quantitative estimate of drug-likeness (QED) is 0.923. The first-order valence-electron chi connectivity index (χ1n) is 6.30. The largest absolute Gasteiger partial charge is 0.487 e. The van der Waals surface area contributed by atoms with E-state index in [0.717, 1.165) is 11.1 Å². The van der Waals surface area contributed by atoms with Crippen molar-refractivity contribution >= 4 is 27.3 Å². The molecule has 0 spiro atoms. The highest BCUT2D eigenvalue weighted by Gasteiger charge is 2.35. The minimum Gasteiger partial charge on any atom is -0.487 e. The van der Waals surface area contributed by atoms with E-state index < -0.39 is 9.84 Å². The first-order valence-corrected chi connectivity index (χ1v) is 8.50. The third-order valence-electron chi connectivity index (χ3n) is 3.40. The van der Waals surface area contributed by atoms with Gasteiger partial charge in [-0.3, -0.25) is 4.68 Å². The fraction of sp³-hybridized carbons (Fsp3) is 0.308. The van der Waals surface area contributed by atoms with Crippen LogP contribution in [0.15, 0.2) is 24.4 Å². The van der Waals surface area contributed by atoms with Crippen molar-refractivity contribution in [2.45, 2.75) is 6.10 Å². The van der Waals surface area contributed by atoms with Gasteiger partial charge in [-0.05, 0) is 17.7 Å². The van der Waals surface area contributed by atoms with Gasteiger partial charge >= 0.3 is 0 Å². The van der Waals surface area contributed by atoms with Crippen LogP contribution in [0.25, 0.3) is 11.1 Å². The zero-order chi connectivity index (χ0) is 15.2. The molecule has 0 unspecified atom stereocenters. The molecule has 1 aliphatic rings. The number of anilines is 1. The Morgan fingerprint density at radius 2 is 2.14 bits per heavy atom. The molecule has 1 saturated heterocycles. The molecule has 1 aliphatic heterocycles. The summed E-state index contributed by atoms with van der Waals surface area (Å²) in [5.41, 5.74) is 7.55. The maximum Gasteiger partial charge on any atom is 0.157 e. The number of sulfone groups is 1. The van der Waals surface area contributed by atoms with Gasteiger partial charge in [0.05, 0.1) is 22.7 Å². The Morgan fingerprint density at radius 1 is 1.43 bits per heavy atom. The predicted octanol–water partition coefficient (Wildman–Crippen LogP) is 1.50. The zero-order valence-electron chi connectivity index (χ0n) is 11.3. The van der Waals surface area contributed by atoms with Crippen molar-refractivity contribution in [2.24, 2.45) is 7.05 Å². The molecule has 1 fully saturated rings.